The molecule has 118 valence electrons. The Hall–Kier alpha value is -1.20. The van der Waals surface area contributed by atoms with Crippen molar-refractivity contribution in [2.24, 2.45) is 5.92 Å². The molecule has 2 aliphatic heterocycles. The van der Waals surface area contributed by atoms with Crippen molar-refractivity contribution >= 4 is 35.2 Å². The molecule has 3 rings (SSSR count). The summed E-state index contributed by atoms with van der Waals surface area (Å²) in [5.41, 5.74) is 0. The van der Waals surface area contributed by atoms with Crippen LogP contribution in [0.1, 0.15) is 19.3 Å². The highest BCUT2D eigenvalue weighted by atomic mass is 35.5. The first kappa shape index (κ1) is 15.7. The van der Waals surface area contributed by atoms with Crippen molar-refractivity contribution in [2.75, 3.05) is 19.6 Å². The summed E-state index contributed by atoms with van der Waals surface area (Å²) in [4.78, 5) is 26.7. The lowest BCUT2D eigenvalue weighted by Gasteiger charge is -2.33. The number of nitrogens with one attached hydrogen (secondary N) is 1. The van der Waals surface area contributed by atoms with Crippen molar-refractivity contribution in [1.82, 2.24) is 10.2 Å². The number of piperidine rings is 1. The van der Waals surface area contributed by atoms with Gasteiger partial charge in [-0.1, -0.05) is 11.6 Å². The number of rotatable bonds is 3. The molecule has 0 aliphatic carbocycles. The summed E-state index contributed by atoms with van der Waals surface area (Å²) in [5, 5.41) is 4.02. The summed E-state index contributed by atoms with van der Waals surface area (Å²) >= 11 is 7.75. The fraction of sp³-hybridized carbons (Fsp3) is 0.500. The fourth-order valence-electron chi connectivity index (χ4n) is 2.94. The Morgan fingerprint density at radius 1 is 1.23 bits per heavy atom. The van der Waals surface area contributed by atoms with E-state index < -0.39 is 0 Å². The van der Waals surface area contributed by atoms with E-state index in [-0.39, 0.29) is 17.7 Å². The lowest BCUT2D eigenvalue weighted by atomic mass is 10.0. The molecule has 0 radical (unpaired) electrons. The van der Waals surface area contributed by atoms with Crippen LogP contribution in [-0.2, 0) is 9.59 Å². The van der Waals surface area contributed by atoms with Gasteiger partial charge in [0.05, 0.1) is 5.92 Å². The number of nitrogens with zero attached hydrogens (tertiary/aromatic N) is 1. The van der Waals surface area contributed by atoms with E-state index in [0.717, 1.165) is 31.0 Å². The molecule has 0 bridgehead atoms. The molecular formula is C16H19ClN2O2S. The van der Waals surface area contributed by atoms with Gasteiger partial charge in [-0.05, 0) is 37.1 Å². The number of likely N-dealkylation sites (tertiary alicyclic amines) is 1. The maximum atomic E-state index is 12.4. The lowest BCUT2D eigenvalue weighted by molar-refractivity contribution is -0.136. The molecule has 2 heterocycles. The van der Waals surface area contributed by atoms with Gasteiger partial charge in [0.2, 0.25) is 11.8 Å². The van der Waals surface area contributed by atoms with Gasteiger partial charge in [0, 0.05) is 41.2 Å². The van der Waals surface area contributed by atoms with Crippen molar-refractivity contribution in [3.8, 4) is 0 Å². The van der Waals surface area contributed by atoms with Gasteiger partial charge in [0.15, 0.2) is 0 Å². The first-order valence-corrected chi connectivity index (χ1v) is 8.85. The van der Waals surface area contributed by atoms with Crippen molar-refractivity contribution < 1.29 is 9.59 Å². The van der Waals surface area contributed by atoms with Gasteiger partial charge in [-0.3, -0.25) is 9.59 Å². The van der Waals surface area contributed by atoms with Crippen LogP contribution in [0.15, 0.2) is 29.2 Å². The Balaban J connectivity index is 1.48. The normalized spacial score (nSPS) is 22.7. The van der Waals surface area contributed by atoms with Crippen LogP contribution in [0.25, 0.3) is 0 Å². The molecule has 0 aromatic heterocycles. The molecule has 0 saturated carbocycles. The molecule has 1 unspecified atom stereocenters. The van der Waals surface area contributed by atoms with Gasteiger partial charge < -0.3 is 10.2 Å². The Morgan fingerprint density at radius 2 is 1.91 bits per heavy atom. The minimum atomic E-state index is -0.159. The van der Waals surface area contributed by atoms with Gasteiger partial charge in [-0.2, -0.15) is 0 Å². The summed E-state index contributed by atoms with van der Waals surface area (Å²) in [6.45, 7) is 2.07. The largest absolute Gasteiger partial charge is 0.355 e. The number of amides is 2. The van der Waals surface area contributed by atoms with E-state index in [1.165, 1.54) is 4.90 Å². The highest BCUT2D eigenvalue weighted by Crippen LogP contribution is 2.31. The van der Waals surface area contributed by atoms with E-state index in [1.807, 2.05) is 40.9 Å². The Bertz CT molecular complexity index is 556. The summed E-state index contributed by atoms with van der Waals surface area (Å²) in [7, 11) is 0. The minimum Gasteiger partial charge on any atom is -0.355 e. The smallest absolute Gasteiger partial charge is 0.227 e. The van der Waals surface area contributed by atoms with Crippen LogP contribution in [0.2, 0.25) is 5.02 Å². The highest BCUT2D eigenvalue weighted by Gasteiger charge is 2.33. The Kier molecular flexibility index (Phi) is 4.93. The fourth-order valence-corrected chi connectivity index (χ4v) is 4.19. The van der Waals surface area contributed by atoms with Crippen LogP contribution in [0.4, 0.5) is 0 Å². The third-order valence-corrected chi connectivity index (χ3v) is 5.80. The number of carbonyl (C=O) groups is 2. The zero-order valence-corrected chi connectivity index (χ0v) is 13.8. The minimum absolute atomic E-state index is 0.00784. The van der Waals surface area contributed by atoms with E-state index in [4.69, 9.17) is 11.6 Å². The molecule has 2 aliphatic rings. The molecule has 1 aromatic rings. The highest BCUT2D eigenvalue weighted by molar-refractivity contribution is 8.00. The number of carbonyl (C=O) groups excluding carboxylic acids is 2. The number of hydrogen-bond acceptors (Lipinski definition) is 3. The molecule has 1 atom stereocenters. The molecule has 22 heavy (non-hydrogen) atoms. The maximum Gasteiger partial charge on any atom is 0.227 e. The summed E-state index contributed by atoms with van der Waals surface area (Å²) in [6, 6.07) is 7.90. The van der Waals surface area contributed by atoms with Gasteiger partial charge >= 0.3 is 0 Å². The SMILES string of the molecule is O=C1CC(C(=O)N2CCC(Sc3ccc(Cl)cc3)CC2)CN1. The van der Waals surface area contributed by atoms with Crippen LogP contribution < -0.4 is 5.32 Å². The molecule has 0 spiro atoms. The van der Waals surface area contributed by atoms with Gasteiger partial charge in [-0.25, -0.2) is 0 Å². The summed E-state index contributed by atoms with van der Waals surface area (Å²) in [6.07, 6.45) is 2.33. The third kappa shape index (κ3) is 3.76. The molecule has 4 nitrogen and oxygen atoms in total. The lowest BCUT2D eigenvalue weighted by Crippen LogP contribution is -2.43. The van der Waals surface area contributed by atoms with Gasteiger partial charge in [0.1, 0.15) is 0 Å². The van der Waals surface area contributed by atoms with Crippen LogP contribution in [0, 0.1) is 5.92 Å². The van der Waals surface area contributed by atoms with Crippen LogP contribution in [-0.4, -0.2) is 41.6 Å². The second kappa shape index (κ2) is 6.92. The number of benzene rings is 1. The van der Waals surface area contributed by atoms with Crippen molar-refractivity contribution in [1.29, 1.82) is 0 Å². The monoisotopic (exact) mass is 338 g/mol. The van der Waals surface area contributed by atoms with E-state index in [9.17, 15) is 9.59 Å². The predicted molar refractivity (Wildman–Crippen MR) is 88.0 cm³/mol. The molecule has 2 saturated heterocycles. The van der Waals surface area contributed by atoms with E-state index in [2.05, 4.69) is 5.32 Å². The standard InChI is InChI=1S/C16H19ClN2O2S/c17-12-1-3-13(4-2-12)22-14-5-7-19(8-6-14)16(21)11-9-15(20)18-10-11/h1-4,11,14H,5-10H2,(H,18,20). The van der Waals surface area contributed by atoms with Crippen molar-refractivity contribution in [2.45, 2.75) is 29.4 Å². The van der Waals surface area contributed by atoms with Gasteiger partial charge in [0.25, 0.3) is 0 Å². The van der Waals surface area contributed by atoms with Gasteiger partial charge in [-0.15, -0.1) is 11.8 Å². The zero-order valence-electron chi connectivity index (χ0n) is 12.3. The van der Waals surface area contributed by atoms with Crippen molar-refractivity contribution in [3.63, 3.8) is 0 Å². The zero-order chi connectivity index (χ0) is 15.5. The molecular weight excluding hydrogens is 320 g/mol. The van der Waals surface area contributed by atoms with E-state index >= 15 is 0 Å². The van der Waals surface area contributed by atoms with Crippen molar-refractivity contribution in [3.05, 3.63) is 29.3 Å². The van der Waals surface area contributed by atoms with Crippen LogP contribution in [0.5, 0.6) is 0 Å². The van der Waals surface area contributed by atoms with E-state index in [1.54, 1.807) is 0 Å². The molecule has 2 fully saturated rings. The number of thioether (sulfide) groups is 1. The predicted octanol–water partition coefficient (Wildman–Crippen LogP) is 2.56. The number of hydrogen-bond donors (Lipinski definition) is 1. The molecule has 6 heteroatoms. The molecule has 2 amide bonds. The maximum absolute atomic E-state index is 12.4. The summed E-state index contributed by atoms with van der Waals surface area (Å²) < 4.78 is 0. The van der Waals surface area contributed by atoms with E-state index in [0.29, 0.717) is 18.2 Å². The average molecular weight is 339 g/mol. The molecule has 1 aromatic carbocycles. The van der Waals surface area contributed by atoms with Crippen LogP contribution >= 0.6 is 23.4 Å². The second-order valence-corrected chi connectivity index (χ2v) is 7.61. The van der Waals surface area contributed by atoms with Crippen LogP contribution in [0.3, 0.4) is 0 Å². The second-order valence-electron chi connectivity index (χ2n) is 5.80. The average Bonchev–Trinajstić information content (AvgIpc) is 2.96. The first-order valence-electron chi connectivity index (χ1n) is 7.59. The topological polar surface area (TPSA) is 49.4 Å². The first-order chi connectivity index (χ1) is 10.6. The number of halogens is 1. The quantitative estimate of drug-likeness (QED) is 0.921. The Labute approximate surface area is 139 Å². The third-order valence-electron chi connectivity index (χ3n) is 4.20. The molecule has 1 N–H and O–H groups in total. The summed E-state index contributed by atoms with van der Waals surface area (Å²) in [5.74, 6) is -0.0345. The Morgan fingerprint density at radius 3 is 2.50 bits per heavy atom.